The summed E-state index contributed by atoms with van der Waals surface area (Å²) in [5, 5.41) is 3.19. The van der Waals surface area contributed by atoms with Crippen molar-refractivity contribution in [3.63, 3.8) is 0 Å². The summed E-state index contributed by atoms with van der Waals surface area (Å²) in [6, 6.07) is 12.1. The van der Waals surface area contributed by atoms with Crippen LogP contribution in [-0.4, -0.2) is 31.1 Å². The molecule has 28 heavy (non-hydrogen) atoms. The van der Waals surface area contributed by atoms with Crippen LogP contribution in [0.3, 0.4) is 0 Å². The van der Waals surface area contributed by atoms with E-state index in [4.69, 9.17) is 21.1 Å². The molecule has 1 N–H and O–H groups in total. The van der Waals surface area contributed by atoms with Gasteiger partial charge in [-0.05, 0) is 38.1 Å². The van der Waals surface area contributed by atoms with E-state index in [1.54, 1.807) is 54.3 Å². The predicted molar refractivity (Wildman–Crippen MR) is 109 cm³/mol. The van der Waals surface area contributed by atoms with Gasteiger partial charge in [0, 0.05) is 18.3 Å². The van der Waals surface area contributed by atoms with Gasteiger partial charge >= 0.3 is 0 Å². The van der Waals surface area contributed by atoms with E-state index in [2.05, 4.69) is 11.9 Å². The maximum atomic E-state index is 12.4. The molecule has 0 bridgehead atoms. The minimum atomic E-state index is -0.610. The first-order valence-electron chi connectivity index (χ1n) is 8.79. The van der Waals surface area contributed by atoms with E-state index in [0.717, 1.165) is 5.57 Å². The van der Waals surface area contributed by atoms with Gasteiger partial charge in [0.15, 0.2) is 12.7 Å². The van der Waals surface area contributed by atoms with Crippen molar-refractivity contribution in [2.75, 3.05) is 23.4 Å². The zero-order chi connectivity index (χ0) is 20.3. The second-order valence-corrected chi connectivity index (χ2v) is 7.00. The van der Waals surface area contributed by atoms with Gasteiger partial charge < -0.3 is 19.7 Å². The number of para-hydroxylation sites is 1. The summed E-state index contributed by atoms with van der Waals surface area (Å²) in [7, 11) is 0. The number of carbonyl (C=O) groups excluding carboxylic acids is 2. The number of fused-ring (bicyclic) bond motifs is 1. The lowest BCUT2D eigenvalue weighted by Gasteiger charge is -2.33. The summed E-state index contributed by atoms with van der Waals surface area (Å²) in [6.07, 6.45) is -0.610. The first-order valence-corrected chi connectivity index (χ1v) is 9.16. The fraction of sp³-hybridized carbons (Fsp3) is 0.238. The molecule has 1 heterocycles. The van der Waals surface area contributed by atoms with E-state index >= 15 is 0 Å². The van der Waals surface area contributed by atoms with Crippen molar-refractivity contribution >= 4 is 34.8 Å². The number of nitrogens with zero attached hydrogens (tertiary/aromatic N) is 1. The molecule has 2 aromatic carbocycles. The van der Waals surface area contributed by atoms with Crippen LogP contribution in [0.25, 0.3) is 0 Å². The van der Waals surface area contributed by atoms with Crippen molar-refractivity contribution < 1.29 is 19.1 Å². The molecule has 2 amide bonds. The molecule has 0 spiro atoms. The summed E-state index contributed by atoms with van der Waals surface area (Å²) in [5.74, 6) is 0.507. The molecule has 0 aromatic heterocycles. The summed E-state index contributed by atoms with van der Waals surface area (Å²) >= 11 is 6.01. The molecule has 1 aliphatic rings. The highest BCUT2D eigenvalue weighted by molar-refractivity contribution is 6.32. The third kappa shape index (κ3) is 4.46. The van der Waals surface area contributed by atoms with E-state index in [1.807, 2.05) is 6.92 Å². The van der Waals surface area contributed by atoms with Crippen LogP contribution in [0.5, 0.6) is 11.5 Å². The van der Waals surface area contributed by atoms with Gasteiger partial charge in [-0.2, -0.15) is 0 Å². The number of ether oxygens (including phenoxy) is 2. The highest BCUT2D eigenvalue weighted by Gasteiger charge is 2.31. The molecule has 0 saturated carbocycles. The van der Waals surface area contributed by atoms with E-state index in [9.17, 15) is 9.59 Å². The van der Waals surface area contributed by atoms with E-state index in [1.165, 1.54) is 0 Å². The second kappa shape index (κ2) is 8.35. The third-order valence-corrected chi connectivity index (χ3v) is 4.39. The maximum absolute atomic E-state index is 12.4. The Morgan fingerprint density at radius 1 is 1.32 bits per heavy atom. The van der Waals surface area contributed by atoms with E-state index in [0.29, 0.717) is 34.4 Å². The van der Waals surface area contributed by atoms with Gasteiger partial charge in [-0.1, -0.05) is 35.9 Å². The van der Waals surface area contributed by atoms with Gasteiger partial charge in [0.25, 0.3) is 11.8 Å². The fourth-order valence-electron chi connectivity index (χ4n) is 2.82. The average Bonchev–Trinajstić information content (AvgIpc) is 2.64. The summed E-state index contributed by atoms with van der Waals surface area (Å²) < 4.78 is 11.1. The lowest BCUT2D eigenvalue weighted by molar-refractivity contribution is -0.125. The number of rotatable bonds is 6. The Balaban J connectivity index is 1.70. The molecule has 1 unspecified atom stereocenters. The molecule has 0 aliphatic carbocycles. The molecule has 0 saturated heterocycles. The molecule has 146 valence electrons. The molecule has 0 fully saturated rings. The zero-order valence-electron chi connectivity index (χ0n) is 15.7. The standard InChI is InChI=1S/C21H21ClN2O4/c1-13(2)11-24-17-9-8-15(10-19(17)28-14(3)21(24)26)23-20(25)12-27-18-7-5-4-6-16(18)22/h4-10,14H,1,11-12H2,2-3H3,(H,23,25). The Morgan fingerprint density at radius 2 is 2.07 bits per heavy atom. The first-order chi connectivity index (χ1) is 13.3. The molecular formula is C21H21ClN2O4. The summed E-state index contributed by atoms with van der Waals surface area (Å²) in [4.78, 5) is 26.2. The quantitative estimate of drug-likeness (QED) is 0.743. The number of carbonyl (C=O) groups is 2. The largest absolute Gasteiger partial charge is 0.482 e. The Labute approximate surface area is 168 Å². The number of anilines is 2. The lowest BCUT2D eigenvalue weighted by Crippen LogP contribution is -2.45. The molecule has 2 aromatic rings. The smallest absolute Gasteiger partial charge is 0.268 e. The Bertz CT molecular complexity index is 928. The van der Waals surface area contributed by atoms with Crippen LogP contribution in [-0.2, 0) is 9.59 Å². The van der Waals surface area contributed by atoms with Crippen molar-refractivity contribution in [3.8, 4) is 11.5 Å². The van der Waals surface area contributed by atoms with Gasteiger partial charge in [-0.3, -0.25) is 9.59 Å². The van der Waals surface area contributed by atoms with E-state index < -0.39 is 6.10 Å². The van der Waals surface area contributed by atoms with E-state index in [-0.39, 0.29) is 18.4 Å². The van der Waals surface area contributed by atoms with Crippen molar-refractivity contribution in [2.45, 2.75) is 20.0 Å². The molecule has 3 rings (SSSR count). The molecule has 6 nitrogen and oxygen atoms in total. The lowest BCUT2D eigenvalue weighted by atomic mass is 10.1. The van der Waals surface area contributed by atoms with Crippen molar-refractivity contribution in [3.05, 3.63) is 59.6 Å². The first kappa shape index (κ1) is 19.8. The minimum absolute atomic E-state index is 0.125. The average molecular weight is 401 g/mol. The van der Waals surface area contributed by atoms with Crippen molar-refractivity contribution in [2.24, 2.45) is 0 Å². The molecule has 1 atom stereocenters. The topological polar surface area (TPSA) is 67.9 Å². The van der Waals surface area contributed by atoms with Crippen LogP contribution in [0.4, 0.5) is 11.4 Å². The Kier molecular flexibility index (Phi) is 5.90. The molecule has 1 aliphatic heterocycles. The van der Waals surface area contributed by atoms with Crippen LogP contribution in [0.1, 0.15) is 13.8 Å². The third-order valence-electron chi connectivity index (χ3n) is 4.08. The SMILES string of the molecule is C=C(C)CN1C(=O)C(C)Oc2cc(NC(=O)COc3ccccc3Cl)ccc21. The number of benzene rings is 2. The highest BCUT2D eigenvalue weighted by Crippen LogP contribution is 2.36. The van der Waals surface area contributed by atoms with Gasteiger partial charge in [-0.15, -0.1) is 0 Å². The Hall–Kier alpha value is -2.99. The normalized spacial score (nSPS) is 15.5. The van der Waals surface area contributed by atoms with Crippen LogP contribution >= 0.6 is 11.6 Å². The van der Waals surface area contributed by atoms with Crippen molar-refractivity contribution in [1.29, 1.82) is 0 Å². The van der Waals surface area contributed by atoms with Crippen LogP contribution in [0.15, 0.2) is 54.6 Å². The molecule has 0 radical (unpaired) electrons. The summed E-state index contributed by atoms with van der Waals surface area (Å²) in [6.45, 7) is 7.66. The Morgan fingerprint density at radius 3 is 2.79 bits per heavy atom. The van der Waals surface area contributed by atoms with Gasteiger partial charge in [0.2, 0.25) is 0 Å². The van der Waals surface area contributed by atoms with Gasteiger partial charge in [-0.25, -0.2) is 0 Å². The summed E-state index contributed by atoms with van der Waals surface area (Å²) in [5.41, 5.74) is 2.06. The minimum Gasteiger partial charge on any atom is -0.482 e. The van der Waals surface area contributed by atoms with Crippen LogP contribution < -0.4 is 19.7 Å². The maximum Gasteiger partial charge on any atom is 0.268 e. The fourth-order valence-corrected chi connectivity index (χ4v) is 3.01. The zero-order valence-corrected chi connectivity index (χ0v) is 16.5. The molecule has 7 heteroatoms. The number of nitrogens with one attached hydrogen (secondary N) is 1. The van der Waals surface area contributed by atoms with Crippen LogP contribution in [0, 0.1) is 0 Å². The molecular weight excluding hydrogens is 380 g/mol. The van der Waals surface area contributed by atoms with Crippen molar-refractivity contribution in [1.82, 2.24) is 0 Å². The number of hydrogen-bond acceptors (Lipinski definition) is 4. The van der Waals surface area contributed by atoms with Crippen LogP contribution in [0.2, 0.25) is 5.02 Å². The number of amides is 2. The second-order valence-electron chi connectivity index (χ2n) is 6.59. The van der Waals surface area contributed by atoms with Gasteiger partial charge in [0.05, 0.1) is 10.7 Å². The monoisotopic (exact) mass is 400 g/mol. The van der Waals surface area contributed by atoms with Gasteiger partial charge in [0.1, 0.15) is 11.5 Å². The predicted octanol–water partition coefficient (Wildman–Crippen LogP) is 4.05. The number of halogens is 1. The highest BCUT2D eigenvalue weighted by atomic mass is 35.5. The number of hydrogen-bond donors (Lipinski definition) is 1.